The highest BCUT2D eigenvalue weighted by molar-refractivity contribution is 8.13. The molecule has 1 aromatic carbocycles. The van der Waals surface area contributed by atoms with Gasteiger partial charge in [0.1, 0.15) is 5.76 Å². The predicted octanol–water partition coefficient (Wildman–Crippen LogP) is 4.67. The van der Waals surface area contributed by atoms with Gasteiger partial charge in [-0.2, -0.15) is 0 Å². The van der Waals surface area contributed by atoms with Crippen LogP contribution in [0.15, 0.2) is 51.1 Å². The molecule has 0 spiro atoms. The minimum Gasteiger partial charge on any atom is -0.440 e. The van der Waals surface area contributed by atoms with Crippen molar-refractivity contribution >= 4 is 39.9 Å². The average molecular weight is 402 g/mol. The van der Waals surface area contributed by atoms with E-state index in [9.17, 15) is 9.59 Å². The Morgan fingerprint density at radius 3 is 2.78 bits per heavy atom. The van der Waals surface area contributed by atoms with E-state index in [4.69, 9.17) is 4.42 Å². The molecular weight excluding hydrogens is 382 g/mol. The van der Waals surface area contributed by atoms with Crippen molar-refractivity contribution in [2.75, 3.05) is 19.4 Å². The highest BCUT2D eigenvalue weighted by Gasteiger charge is 2.16. The molecule has 0 saturated heterocycles. The lowest BCUT2D eigenvalue weighted by Crippen LogP contribution is -2.16. The van der Waals surface area contributed by atoms with Crippen molar-refractivity contribution in [3.63, 3.8) is 0 Å². The molecule has 1 N–H and O–H groups in total. The van der Waals surface area contributed by atoms with E-state index < -0.39 is 0 Å². The summed E-state index contributed by atoms with van der Waals surface area (Å²) in [4.78, 5) is 31.9. The van der Waals surface area contributed by atoms with E-state index in [1.54, 1.807) is 39.2 Å². The topological polar surface area (TPSA) is 75.4 Å². The molecule has 0 saturated carbocycles. The van der Waals surface area contributed by atoms with Gasteiger partial charge in [-0.25, -0.2) is 4.98 Å². The zero-order valence-electron chi connectivity index (χ0n) is 15.2. The molecule has 0 bridgehead atoms. The quantitative estimate of drug-likeness (QED) is 0.629. The molecule has 0 radical (unpaired) electrons. The number of hydrogen-bond donors (Lipinski definition) is 1. The second-order valence-electron chi connectivity index (χ2n) is 6.01. The van der Waals surface area contributed by atoms with E-state index in [1.807, 2.05) is 23.6 Å². The zero-order chi connectivity index (χ0) is 19.4. The van der Waals surface area contributed by atoms with Crippen molar-refractivity contribution in [1.29, 1.82) is 0 Å². The molecule has 2 heterocycles. The first-order chi connectivity index (χ1) is 12.9. The van der Waals surface area contributed by atoms with Crippen LogP contribution >= 0.6 is 23.1 Å². The Bertz CT molecular complexity index is 949. The maximum Gasteiger partial charge on any atom is 0.285 e. The summed E-state index contributed by atoms with van der Waals surface area (Å²) in [6.45, 7) is 1.80. The number of thioether (sulfide) groups is 1. The highest BCUT2D eigenvalue weighted by Crippen LogP contribution is 2.27. The summed E-state index contributed by atoms with van der Waals surface area (Å²) >= 11 is 2.65. The summed E-state index contributed by atoms with van der Waals surface area (Å²) in [5.74, 6) is 0.977. The number of hydrogen-bond acceptors (Lipinski definition) is 6. The summed E-state index contributed by atoms with van der Waals surface area (Å²) in [7, 11) is 3.40. The number of thiophene rings is 1. The first-order valence-corrected chi connectivity index (χ1v) is 9.91. The van der Waals surface area contributed by atoms with Crippen LogP contribution in [-0.2, 0) is 11.2 Å². The lowest BCUT2D eigenvalue weighted by Gasteiger charge is -2.10. The van der Waals surface area contributed by atoms with Crippen molar-refractivity contribution in [1.82, 2.24) is 9.88 Å². The second-order valence-corrected chi connectivity index (χ2v) is 7.99. The summed E-state index contributed by atoms with van der Waals surface area (Å²) in [5.41, 5.74) is 1.25. The summed E-state index contributed by atoms with van der Waals surface area (Å²) < 4.78 is 5.67. The monoisotopic (exact) mass is 401 g/mol. The molecule has 0 atom stereocenters. The molecule has 2 amide bonds. The van der Waals surface area contributed by atoms with Crippen LogP contribution < -0.4 is 5.32 Å². The first-order valence-electron chi connectivity index (χ1n) is 8.21. The van der Waals surface area contributed by atoms with Crippen molar-refractivity contribution in [2.45, 2.75) is 18.2 Å². The number of rotatable bonds is 5. The number of anilines is 1. The predicted molar refractivity (Wildman–Crippen MR) is 108 cm³/mol. The number of aromatic nitrogens is 1. The van der Waals surface area contributed by atoms with Crippen LogP contribution in [0.3, 0.4) is 0 Å². The second kappa shape index (κ2) is 8.41. The Hall–Kier alpha value is -2.58. The number of nitrogens with zero attached hydrogens (tertiary/aromatic N) is 2. The normalized spacial score (nSPS) is 10.6. The van der Waals surface area contributed by atoms with Gasteiger partial charge in [0.2, 0.25) is 11.8 Å². The fourth-order valence-corrected chi connectivity index (χ4v) is 3.65. The molecule has 3 rings (SSSR count). The molecule has 0 unspecified atom stereocenters. The summed E-state index contributed by atoms with van der Waals surface area (Å²) in [6, 6.07) is 11.1. The van der Waals surface area contributed by atoms with E-state index in [0.29, 0.717) is 23.0 Å². The smallest absolute Gasteiger partial charge is 0.285 e. The van der Waals surface area contributed by atoms with Crippen LogP contribution in [0.1, 0.15) is 11.5 Å². The Morgan fingerprint density at radius 2 is 2.07 bits per heavy atom. The average Bonchev–Trinajstić information content (AvgIpc) is 3.25. The fraction of sp³-hybridized carbons (Fsp3) is 0.211. The number of oxazole rings is 1. The molecule has 8 heteroatoms. The van der Waals surface area contributed by atoms with Crippen molar-refractivity contribution in [3.8, 4) is 10.8 Å². The molecule has 0 aliphatic heterocycles. The van der Waals surface area contributed by atoms with Crippen molar-refractivity contribution in [3.05, 3.63) is 53.2 Å². The third-order valence-electron chi connectivity index (χ3n) is 3.64. The van der Waals surface area contributed by atoms with E-state index >= 15 is 0 Å². The largest absolute Gasteiger partial charge is 0.440 e. The Morgan fingerprint density at radius 1 is 1.26 bits per heavy atom. The van der Waals surface area contributed by atoms with Gasteiger partial charge in [0, 0.05) is 24.7 Å². The maximum absolute atomic E-state index is 12.4. The van der Waals surface area contributed by atoms with Crippen LogP contribution in [0.2, 0.25) is 0 Å². The van der Waals surface area contributed by atoms with Gasteiger partial charge in [-0.05, 0) is 48.3 Å². The minimum absolute atomic E-state index is 0.0715. The van der Waals surface area contributed by atoms with Crippen molar-refractivity contribution in [2.24, 2.45) is 0 Å². The number of nitrogens with one attached hydrogen (secondary N) is 1. The number of carbonyl (C=O) groups is 2. The Balaban J connectivity index is 1.65. The number of amides is 2. The summed E-state index contributed by atoms with van der Waals surface area (Å²) in [6.07, 6.45) is 0.120. The minimum atomic E-state index is -0.190. The van der Waals surface area contributed by atoms with E-state index in [2.05, 4.69) is 10.3 Å². The highest BCUT2D eigenvalue weighted by atomic mass is 32.2. The van der Waals surface area contributed by atoms with Gasteiger partial charge in [-0.1, -0.05) is 12.1 Å². The van der Waals surface area contributed by atoms with Gasteiger partial charge in [0.05, 0.1) is 17.0 Å². The number of carbonyl (C=O) groups excluding carboxylic acids is 2. The number of aryl methyl sites for hydroxylation is 1. The SMILES string of the molecule is Cc1oc(-c2cccs2)nc1CC(=O)Nc1cccc(SC(=O)N(C)C)c1. The van der Waals surface area contributed by atoms with Crippen LogP contribution in [0.4, 0.5) is 10.5 Å². The molecule has 2 aromatic heterocycles. The van der Waals surface area contributed by atoms with E-state index in [0.717, 1.165) is 21.5 Å². The van der Waals surface area contributed by atoms with Gasteiger partial charge in [0.15, 0.2) is 0 Å². The van der Waals surface area contributed by atoms with Gasteiger partial charge < -0.3 is 14.6 Å². The third kappa shape index (κ3) is 4.99. The molecule has 6 nitrogen and oxygen atoms in total. The molecule has 27 heavy (non-hydrogen) atoms. The first kappa shape index (κ1) is 19.2. The van der Waals surface area contributed by atoms with Crippen LogP contribution in [0, 0.1) is 6.92 Å². The molecular formula is C19H19N3O3S2. The molecule has 0 aliphatic rings. The number of benzene rings is 1. The van der Waals surface area contributed by atoms with Gasteiger partial charge in [-0.3, -0.25) is 9.59 Å². The molecule has 0 aliphatic carbocycles. The van der Waals surface area contributed by atoms with E-state index in [-0.39, 0.29) is 17.6 Å². The van der Waals surface area contributed by atoms with Crippen LogP contribution in [-0.4, -0.2) is 35.1 Å². The van der Waals surface area contributed by atoms with Gasteiger partial charge >= 0.3 is 0 Å². The van der Waals surface area contributed by atoms with Gasteiger partial charge in [0.25, 0.3) is 5.24 Å². The summed E-state index contributed by atoms with van der Waals surface area (Å²) in [5, 5.41) is 4.73. The Kier molecular flexibility index (Phi) is 5.98. The molecule has 3 aromatic rings. The third-order valence-corrected chi connectivity index (χ3v) is 5.53. The maximum atomic E-state index is 12.4. The van der Waals surface area contributed by atoms with Crippen LogP contribution in [0.25, 0.3) is 10.8 Å². The van der Waals surface area contributed by atoms with Gasteiger partial charge in [-0.15, -0.1) is 11.3 Å². The van der Waals surface area contributed by atoms with Crippen molar-refractivity contribution < 1.29 is 14.0 Å². The standard InChI is InChI=1S/C19H19N3O3S2/c1-12-15(21-18(25-12)16-8-5-9-26-16)11-17(23)20-13-6-4-7-14(10-13)27-19(24)22(2)3/h4-10H,11H2,1-3H3,(H,20,23). The molecule has 140 valence electrons. The Labute approximate surface area is 165 Å². The lowest BCUT2D eigenvalue weighted by molar-refractivity contribution is -0.115. The lowest BCUT2D eigenvalue weighted by atomic mass is 10.2. The van der Waals surface area contributed by atoms with E-state index in [1.165, 1.54) is 16.2 Å². The van der Waals surface area contributed by atoms with Crippen LogP contribution in [0.5, 0.6) is 0 Å². The molecule has 0 fully saturated rings. The zero-order valence-corrected chi connectivity index (χ0v) is 16.8. The fourth-order valence-electron chi connectivity index (χ4n) is 2.28.